The first-order chi connectivity index (χ1) is 25.1. The fraction of sp³-hybridized carbons (Fsp3) is 0.350. The summed E-state index contributed by atoms with van der Waals surface area (Å²) in [5, 5.41) is 14.3. The van der Waals surface area contributed by atoms with Crippen molar-refractivity contribution in [3.05, 3.63) is 123 Å². The molecule has 3 aromatic carbocycles. The molecule has 7 rings (SSSR count). The van der Waals surface area contributed by atoms with E-state index in [4.69, 9.17) is 21.1 Å². The lowest BCUT2D eigenvalue weighted by Crippen LogP contribution is -2.59. The van der Waals surface area contributed by atoms with Crippen LogP contribution in [0, 0.1) is 18.8 Å². The van der Waals surface area contributed by atoms with Crippen LogP contribution >= 0.6 is 27.5 Å². The van der Waals surface area contributed by atoms with Gasteiger partial charge in [-0.25, -0.2) is 0 Å². The molecule has 270 valence electrons. The summed E-state index contributed by atoms with van der Waals surface area (Å²) in [4.78, 5) is 60.7. The Labute approximate surface area is 315 Å². The summed E-state index contributed by atoms with van der Waals surface area (Å²) in [7, 11) is 0. The van der Waals surface area contributed by atoms with Crippen LogP contribution in [-0.4, -0.2) is 77.2 Å². The first-order valence-corrected chi connectivity index (χ1v) is 18.6. The Bertz CT molecular complexity index is 1900. The largest absolute Gasteiger partial charge is 0.463 e. The lowest BCUT2D eigenvalue weighted by atomic mass is 9.74. The molecule has 1 spiro atoms. The summed E-state index contributed by atoms with van der Waals surface area (Å²) in [6.07, 6.45) is 5.17. The normalized spacial score (nSPS) is 29.0. The van der Waals surface area contributed by atoms with E-state index < -0.39 is 72.0 Å². The number of hydrogen-bond acceptors (Lipinski definition) is 7. The highest BCUT2D eigenvalue weighted by Gasteiger charge is 2.75. The van der Waals surface area contributed by atoms with Gasteiger partial charge in [-0.3, -0.25) is 19.2 Å². The third kappa shape index (κ3) is 6.48. The molecule has 5 bridgehead atoms. The number of nitrogens with one attached hydrogen (secondary N) is 1. The number of benzene rings is 3. The number of aliphatic hydroxyl groups is 1. The molecule has 4 aliphatic rings. The molecule has 2 N–H and O–H groups in total. The lowest BCUT2D eigenvalue weighted by molar-refractivity contribution is -0.146. The average Bonchev–Trinajstić information content (AvgIpc) is 3.74. The third-order valence-corrected chi connectivity index (χ3v) is 11.4. The fourth-order valence-corrected chi connectivity index (χ4v) is 9.15. The van der Waals surface area contributed by atoms with E-state index in [1.165, 1.54) is 9.80 Å². The van der Waals surface area contributed by atoms with E-state index in [0.717, 1.165) is 16.7 Å². The highest BCUT2D eigenvalue weighted by Crippen LogP contribution is 2.59. The number of anilines is 1. The monoisotopic (exact) mass is 787 g/mol. The maximum Gasteiger partial charge on any atom is 0.306 e. The molecule has 10 nitrogen and oxygen atoms in total. The second-order valence-corrected chi connectivity index (χ2v) is 14.9. The number of esters is 1. The minimum absolute atomic E-state index is 0.0640. The Hall–Kier alpha value is -4.29. The van der Waals surface area contributed by atoms with E-state index in [9.17, 15) is 14.7 Å². The van der Waals surface area contributed by atoms with Crippen molar-refractivity contribution in [1.82, 2.24) is 10.2 Å². The van der Waals surface area contributed by atoms with Gasteiger partial charge in [0.1, 0.15) is 24.4 Å². The summed E-state index contributed by atoms with van der Waals surface area (Å²) in [6, 6.07) is 21.1. The van der Waals surface area contributed by atoms with Gasteiger partial charge in [-0.15, -0.1) is 0 Å². The molecule has 0 aliphatic carbocycles. The summed E-state index contributed by atoms with van der Waals surface area (Å²) >= 11 is 10.4. The van der Waals surface area contributed by atoms with Crippen LogP contribution in [0.5, 0.6) is 0 Å². The minimum atomic E-state index is -1.55. The van der Waals surface area contributed by atoms with Crippen molar-refractivity contribution in [2.24, 2.45) is 11.8 Å². The predicted octanol–water partition coefficient (Wildman–Crippen LogP) is 5.21. The van der Waals surface area contributed by atoms with Crippen LogP contribution in [0.2, 0.25) is 5.02 Å². The first-order valence-electron chi connectivity index (χ1n) is 17.4. The van der Waals surface area contributed by atoms with E-state index in [2.05, 4.69) is 21.2 Å². The van der Waals surface area contributed by atoms with Gasteiger partial charge in [0.15, 0.2) is 0 Å². The second kappa shape index (κ2) is 15.0. The van der Waals surface area contributed by atoms with Crippen molar-refractivity contribution >= 4 is 56.9 Å². The molecule has 2 saturated heterocycles. The van der Waals surface area contributed by atoms with Gasteiger partial charge in [-0.1, -0.05) is 112 Å². The number of carbonyl (C=O) groups excluding carboxylic acids is 4. The third-order valence-electron chi connectivity index (χ3n) is 10.4. The molecule has 52 heavy (non-hydrogen) atoms. The van der Waals surface area contributed by atoms with Crippen LogP contribution in [0.1, 0.15) is 35.6 Å². The number of para-hydroxylation sites is 1. The van der Waals surface area contributed by atoms with E-state index in [0.29, 0.717) is 21.6 Å². The maximum atomic E-state index is 15.4. The molecule has 0 unspecified atom stereocenters. The molecule has 4 heterocycles. The van der Waals surface area contributed by atoms with Crippen molar-refractivity contribution in [2.45, 2.75) is 56.0 Å². The predicted molar refractivity (Wildman–Crippen MR) is 198 cm³/mol. The Morgan fingerprint density at radius 1 is 0.981 bits per heavy atom. The second-order valence-electron chi connectivity index (χ2n) is 13.6. The summed E-state index contributed by atoms with van der Waals surface area (Å²) in [6.45, 7) is 1.35. The highest BCUT2D eigenvalue weighted by atomic mass is 79.9. The summed E-state index contributed by atoms with van der Waals surface area (Å²) in [5.74, 6) is -4.02. The van der Waals surface area contributed by atoms with Crippen LogP contribution in [0.15, 0.2) is 102 Å². The van der Waals surface area contributed by atoms with Gasteiger partial charge in [-0.2, -0.15) is 0 Å². The summed E-state index contributed by atoms with van der Waals surface area (Å²) in [5.41, 5.74) is 1.22. The molecule has 0 saturated carbocycles. The van der Waals surface area contributed by atoms with Gasteiger partial charge < -0.3 is 29.7 Å². The van der Waals surface area contributed by atoms with E-state index in [1.807, 2.05) is 73.7 Å². The minimum Gasteiger partial charge on any atom is -0.463 e. The zero-order valence-electron chi connectivity index (χ0n) is 28.5. The number of nitrogens with zero attached hydrogens (tertiary/aromatic N) is 2. The number of amides is 3. The number of fused-ring (bicyclic) bond motifs is 2. The van der Waals surface area contributed by atoms with Gasteiger partial charge in [0, 0.05) is 17.4 Å². The molecule has 0 radical (unpaired) electrons. The molecular formula is C40H39BrClN3O7. The zero-order chi connectivity index (χ0) is 36.6. The van der Waals surface area contributed by atoms with Gasteiger partial charge >= 0.3 is 5.97 Å². The first kappa shape index (κ1) is 36.1. The Kier molecular flexibility index (Phi) is 10.4. The maximum absolute atomic E-state index is 15.4. The lowest BCUT2D eigenvalue weighted by Gasteiger charge is -2.39. The van der Waals surface area contributed by atoms with Crippen LogP contribution in [-0.2, 0) is 35.1 Å². The number of cyclic esters (lactones) is 1. The molecule has 3 aromatic rings. The smallest absolute Gasteiger partial charge is 0.306 e. The SMILES string of the molecule is Cc1cccc(Cl)c1N1C/C=C\CCC(=O)OC[C@H](c2ccccc2)NC(=O)[C@H]2[C@@H]3O[C@@]4(C=C3Br)[C@@H]2C(=O)N([C@@H](CO)Cc2ccccc2)[C@@H]4C1=O. The average molecular weight is 789 g/mol. The van der Waals surface area contributed by atoms with E-state index >= 15 is 9.59 Å². The number of hydrogen-bond donors (Lipinski definition) is 2. The number of likely N-dealkylation sites (tertiary alicyclic amines) is 1. The van der Waals surface area contributed by atoms with Gasteiger partial charge in [0.05, 0.1) is 41.2 Å². The number of aryl methyl sites for hydroxylation is 1. The summed E-state index contributed by atoms with van der Waals surface area (Å²) < 4.78 is 12.9. The topological polar surface area (TPSA) is 125 Å². The molecular weight excluding hydrogens is 750 g/mol. The number of halogens is 2. The molecule has 4 aliphatic heterocycles. The number of allylic oxidation sites excluding steroid dienone is 1. The number of ether oxygens (including phenoxy) is 2. The Morgan fingerprint density at radius 2 is 1.71 bits per heavy atom. The van der Waals surface area contributed by atoms with Crippen LogP contribution < -0.4 is 10.2 Å². The van der Waals surface area contributed by atoms with Crippen molar-refractivity contribution in [2.75, 3.05) is 24.7 Å². The van der Waals surface area contributed by atoms with Crippen molar-refractivity contribution < 1.29 is 33.8 Å². The highest BCUT2D eigenvalue weighted by molar-refractivity contribution is 9.11. The van der Waals surface area contributed by atoms with E-state index in [1.54, 1.807) is 30.4 Å². The molecule has 7 atom stereocenters. The van der Waals surface area contributed by atoms with Crippen molar-refractivity contribution in [3.63, 3.8) is 0 Å². The zero-order valence-corrected chi connectivity index (χ0v) is 30.8. The number of carbonyl (C=O) groups is 4. The molecule has 2 fully saturated rings. The number of aliphatic hydroxyl groups excluding tert-OH is 1. The van der Waals surface area contributed by atoms with Crippen molar-refractivity contribution in [1.29, 1.82) is 0 Å². The number of rotatable bonds is 6. The van der Waals surface area contributed by atoms with Crippen molar-refractivity contribution in [3.8, 4) is 0 Å². The fourth-order valence-electron chi connectivity index (χ4n) is 8.09. The van der Waals surface area contributed by atoms with E-state index in [-0.39, 0.29) is 26.0 Å². The molecule has 3 amide bonds. The van der Waals surface area contributed by atoms with Gasteiger partial charge in [0.25, 0.3) is 5.91 Å². The van der Waals surface area contributed by atoms with Gasteiger partial charge in [0.2, 0.25) is 11.8 Å². The Morgan fingerprint density at radius 3 is 2.42 bits per heavy atom. The molecule has 0 aromatic heterocycles. The van der Waals surface area contributed by atoms with Crippen LogP contribution in [0.25, 0.3) is 0 Å². The Balaban J connectivity index is 1.38. The van der Waals surface area contributed by atoms with Crippen LogP contribution in [0.3, 0.4) is 0 Å². The standard InChI is InChI=1S/C40H39BrClN3O7/c1-24-12-11-17-29(42)34(24)44-19-10-4-9-18-31(47)51-23-30(26-15-7-3-8-16-26)43-37(48)32-33-38(49)45(27(22-46)20-25-13-5-2-6-14-25)36(39(44)50)40(33)21-28(41)35(32)52-40/h2-8,10-17,21,27,30,32-33,35-36,46H,9,18-20,22-23H2,1H3,(H,43,48)/b10-4-/t27-,30-,32-,33+,35-,36-,40+/m1/s1. The molecule has 12 heteroatoms. The quantitative estimate of drug-likeness (QED) is 0.260. The van der Waals surface area contributed by atoms with Crippen LogP contribution in [0.4, 0.5) is 5.69 Å². The van der Waals surface area contributed by atoms with Gasteiger partial charge in [-0.05, 0) is 48.6 Å².